The summed E-state index contributed by atoms with van der Waals surface area (Å²) in [5.41, 5.74) is 5.01. The molecule has 2 N–H and O–H groups in total. The minimum absolute atomic E-state index is 0.603. The maximum atomic E-state index is 6.02. The van der Waals surface area contributed by atoms with E-state index in [9.17, 15) is 0 Å². The lowest BCUT2D eigenvalue weighted by Gasteiger charge is -2.31. The summed E-state index contributed by atoms with van der Waals surface area (Å²) in [7, 11) is 3.97. The summed E-state index contributed by atoms with van der Waals surface area (Å²) in [6.45, 7) is 9.04. The fourth-order valence-electron chi connectivity index (χ4n) is 3.99. The molecule has 3 rings (SSSR count). The van der Waals surface area contributed by atoms with E-state index in [1.807, 2.05) is 12.1 Å². The van der Waals surface area contributed by atoms with Crippen LogP contribution in [0.15, 0.2) is 47.5 Å². The highest BCUT2D eigenvalue weighted by Crippen LogP contribution is 2.15. The molecule has 0 radical (unpaired) electrons. The Morgan fingerprint density at radius 2 is 1.88 bits per heavy atom. The number of rotatable bonds is 9. The molecule has 1 fully saturated rings. The van der Waals surface area contributed by atoms with Crippen LogP contribution < -0.4 is 15.4 Å². The molecule has 0 spiro atoms. The number of nitrogens with zero attached hydrogens (tertiary/aromatic N) is 2. The molecule has 0 amide bonds. The van der Waals surface area contributed by atoms with Crippen molar-refractivity contribution in [2.24, 2.45) is 4.99 Å². The van der Waals surface area contributed by atoms with Crippen LogP contribution in [0.25, 0.3) is 0 Å². The second-order valence-corrected chi connectivity index (χ2v) is 8.53. The van der Waals surface area contributed by atoms with E-state index < -0.39 is 0 Å². The molecule has 0 unspecified atom stereocenters. The molecule has 0 saturated carbocycles. The first-order valence-corrected chi connectivity index (χ1v) is 11.6. The van der Waals surface area contributed by atoms with Gasteiger partial charge in [0.1, 0.15) is 12.4 Å². The normalized spacial score (nSPS) is 15.1. The fraction of sp³-hybridized carbons (Fsp3) is 0.500. The number of guanidine groups is 1. The maximum Gasteiger partial charge on any atom is 0.191 e. The van der Waals surface area contributed by atoms with Gasteiger partial charge in [-0.25, -0.2) is 0 Å². The van der Waals surface area contributed by atoms with Gasteiger partial charge in [0.2, 0.25) is 0 Å². The highest BCUT2D eigenvalue weighted by molar-refractivity contribution is 5.79. The summed E-state index contributed by atoms with van der Waals surface area (Å²) >= 11 is 0. The number of ether oxygens (including phenoxy) is 2. The number of aryl methyl sites for hydroxylation is 2. The molecule has 2 aromatic carbocycles. The lowest BCUT2D eigenvalue weighted by atomic mass is 10.1. The standard InChI is InChI=1S/C26H38N4O2/c1-20-8-9-23(21(2)16-20)19-29-26(27-3)28-18-22-6-5-7-25(17-22)32-15-12-30(4)24-10-13-31-14-11-24/h5-9,16-17,24H,10-15,18-19H2,1-4H3,(H2,27,28,29). The van der Waals surface area contributed by atoms with Gasteiger partial charge in [-0.15, -0.1) is 0 Å². The van der Waals surface area contributed by atoms with Crippen LogP contribution in [0, 0.1) is 13.8 Å². The molecule has 32 heavy (non-hydrogen) atoms. The molecule has 0 atom stereocenters. The van der Waals surface area contributed by atoms with Crippen molar-refractivity contribution in [3.63, 3.8) is 0 Å². The number of nitrogens with one attached hydrogen (secondary N) is 2. The van der Waals surface area contributed by atoms with E-state index in [0.717, 1.165) is 56.4 Å². The van der Waals surface area contributed by atoms with E-state index in [1.54, 1.807) is 7.05 Å². The second kappa shape index (κ2) is 12.5. The molecule has 6 nitrogen and oxygen atoms in total. The van der Waals surface area contributed by atoms with Crippen molar-refractivity contribution in [1.82, 2.24) is 15.5 Å². The van der Waals surface area contributed by atoms with Gasteiger partial charge in [0.15, 0.2) is 5.96 Å². The van der Waals surface area contributed by atoms with Gasteiger partial charge < -0.3 is 20.1 Å². The Morgan fingerprint density at radius 3 is 2.62 bits per heavy atom. The SMILES string of the molecule is CN=C(NCc1cccc(OCCN(C)C2CCOCC2)c1)NCc1ccc(C)cc1C. The van der Waals surface area contributed by atoms with E-state index in [0.29, 0.717) is 19.2 Å². The number of hydrogen-bond donors (Lipinski definition) is 2. The van der Waals surface area contributed by atoms with Gasteiger partial charge in [0.25, 0.3) is 0 Å². The quantitative estimate of drug-likeness (QED) is 0.462. The van der Waals surface area contributed by atoms with E-state index in [-0.39, 0.29) is 0 Å². The average Bonchev–Trinajstić information content (AvgIpc) is 2.81. The molecule has 174 valence electrons. The minimum atomic E-state index is 0.603. The van der Waals surface area contributed by atoms with Gasteiger partial charge in [-0.3, -0.25) is 9.89 Å². The highest BCUT2D eigenvalue weighted by Gasteiger charge is 2.17. The molecule has 1 heterocycles. The molecule has 1 saturated heterocycles. The second-order valence-electron chi connectivity index (χ2n) is 8.53. The monoisotopic (exact) mass is 438 g/mol. The molecule has 1 aliphatic rings. The molecule has 1 aliphatic heterocycles. The lowest BCUT2D eigenvalue weighted by Crippen LogP contribution is -2.38. The van der Waals surface area contributed by atoms with Crippen molar-refractivity contribution in [2.75, 3.05) is 40.5 Å². The third kappa shape index (κ3) is 7.53. The van der Waals surface area contributed by atoms with Crippen molar-refractivity contribution >= 4 is 5.96 Å². The highest BCUT2D eigenvalue weighted by atomic mass is 16.5. The van der Waals surface area contributed by atoms with Gasteiger partial charge in [0.05, 0.1) is 0 Å². The van der Waals surface area contributed by atoms with Crippen LogP contribution in [0.3, 0.4) is 0 Å². The van der Waals surface area contributed by atoms with Gasteiger partial charge in [-0.2, -0.15) is 0 Å². The number of hydrogen-bond acceptors (Lipinski definition) is 4. The third-order valence-electron chi connectivity index (χ3n) is 6.05. The Morgan fingerprint density at radius 1 is 1.09 bits per heavy atom. The third-order valence-corrected chi connectivity index (χ3v) is 6.05. The summed E-state index contributed by atoms with van der Waals surface area (Å²) in [6.07, 6.45) is 2.22. The zero-order valence-electron chi connectivity index (χ0n) is 20.0. The molecule has 2 aromatic rings. The van der Waals surface area contributed by atoms with E-state index in [4.69, 9.17) is 9.47 Å². The minimum Gasteiger partial charge on any atom is -0.492 e. The number of benzene rings is 2. The van der Waals surface area contributed by atoms with Crippen molar-refractivity contribution in [2.45, 2.75) is 45.8 Å². The molecule has 0 bridgehead atoms. The Labute approximate surface area is 193 Å². The Hall–Kier alpha value is -2.57. The fourth-order valence-corrected chi connectivity index (χ4v) is 3.99. The predicted molar refractivity (Wildman–Crippen MR) is 131 cm³/mol. The first-order chi connectivity index (χ1) is 15.5. The van der Waals surface area contributed by atoms with E-state index >= 15 is 0 Å². The van der Waals surface area contributed by atoms with E-state index in [1.165, 1.54) is 16.7 Å². The zero-order chi connectivity index (χ0) is 22.8. The zero-order valence-corrected chi connectivity index (χ0v) is 20.0. The van der Waals surface area contributed by atoms with Crippen LogP contribution in [0.5, 0.6) is 5.75 Å². The maximum absolute atomic E-state index is 6.02. The largest absolute Gasteiger partial charge is 0.492 e. The van der Waals surface area contributed by atoms with Crippen LogP contribution in [0.2, 0.25) is 0 Å². The summed E-state index contributed by atoms with van der Waals surface area (Å²) in [6, 6.07) is 15.4. The van der Waals surface area contributed by atoms with Gasteiger partial charge in [-0.1, -0.05) is 35.9 Å². The van der Waals surface area contributed by atoms with Gasteiger partial charge >= 0.3 is 0 Å². The first kappa shape index (κ1) is 24.1. The van der Waals surface area contributed by atoms with Crippen molar-refractivity contribution < 1.29 is 9.47 Å². The first-order valence-electron chi connectivity index (χ1n) is 11.6. The summed E-state index contributed by atoms with van der Waals surface area (Å²) in [4.78, 5) is 6.74. The topological polar surface area (TPSA) is 58.1 Å². The summed E-state index contributed by atoms with van der Waals surface area (Å²) in [5, 5.41) is 6.80. The molecule has 6 heteroatoms. The summed E-state index contributed by atoms with van der Waals surface area (Å²) in [5.74, 6) is 1.69. The molecular weight excluding hydrogens is 400 g/mol. The predicted octanol–water partition coefficient (Wildman–Crippen LogP) is 3.66. The molecular formula is C26H38N4O2. The van der Waals surface area contributed by atoms with Crippen molar-refractivity contribution in [1.29, 1.82) is 0 Å². The van der Waals surface area contributed by atoms with Gasteiger partial charge in [0, 0.05) is 45.9 Å². The molecule has 0 aliphatic carbocycles. The molecule has 0 aromatic heterocycles. The van der Waals surface area contributed by atoms with Crippen LogP contribution in [-0.4, -0.2) is 57.4 Å². The van der Waals surface area contributed by atoms with E-state index in [2.05, 4.69) is 71.8 Å². The van der Waals surface area contributed by atoms with Crippen LogP contribution in [-0.2, 0) is 17.8 Å². The Balaban J connectivity index is 1.43. The Kier molecular flexibility index (Phi) is 9.38. The average molecular weight is 439 g/mol. The van der Waals surface area contributed by atoms with Gasteiger partial charge in [-0.05, 0) is 62.6 Å². The Bertz CT molecular complexity index is 878. The smallest absolute Gasteiger partial charge is 0.191 e. The number of likely N-dealkylation sites (N-methyl/N-ethyl adjacent to an activating group) is 1. The number of aliphatic imine (C=N–C) groups is 1. The van der Waals surface area contributed by atoms with Crippen LogP contribution in [0.1, 0.15) is 35.1 Å². The van der Waals surface area contributed by atoms with Crippen LogP contribution in [0.4, 0.5) is 0 Å². The lowest BCUT2D eigenvalue weighted by molar-refractivity contribution is 0.0392. The van der Waals surface area contributed by atoms with Crippen molar-refractivity contribution in [3.05, 3.63) is 64.7 Å². The van der Waals surface area contributed by atoms with Crippen molar-refractivity contribution in [3.8, 4) is 5.75 Å². The summed E-state index contributed by atoms with van der Waals surface area (Å²) < 4.78 is 11.5. The van der Waals surface area contributed by atoms with Crippen LogP contribution >= 0.6 is 0 Å².